The Kier molecular flexibility index (Phi) is 5.21. The van der Waals surface area contributed by atoms with E-state index in [0.29, 0.717) is 22.9 Å². The fourth-order valence-electron chi connectivity index (χ4n) is 2.69. The van der Waals surface area contributed by atoms with Crippen LogP contribution in [0.25, 0.3) is 0 Å². The number of anilines is 4. The van der Waals surface area contributed by atoms with Gasteiger partial charge >= 0.3 is 0 Å². The van der Waals surface area contributed by atoms with Crippen LogP contribution in [0.15, 0.2) is 48.8 Å². The third-order valence-corrected chi connectivity index (χ3v) is 4.20. The van der Waals surface area contributed by atoms with E-state index in [4.69, 9.17) is 5.73 Å². The van der Waals surface area contributed by atoms with Crippen molar-refractivity contribution in [1.82, 2.24) is 15.4 Å². The molecule has 1 aromatic heterocycles. The van der Waals surface area contributed by atoms with Crippen molar-refractivity contribution in [2.45, 2.75) is 20.8 Å². The van der Waals surface area contributed by atoms with Gasteiger partial charge in [0.1, 0.15) is 12.0 Å². The van der Waals surface area contributed by atoms with E-state index in [0.717, 1.165) is 16.8 Å². The minimum atomic E-state index is -0.269. The first-order valence-electron chi connectivity index (χ1n) is 8.52. The lowest BCUT2D eigenvalue weighted by Crippen LogP contribution is -2.30. The summed E-state index contributed by atoms with van der Waals surface area (Å²) in [6.07, 6.45) is 1.38. The SMILES string of the molecule is Cc1ccc(Nc2ncnc(NNC(=O)c3ccccc3C)c2N)c(C)c1. The smallest absolute Gasteiger partial charge is 0.269 e. The molecule has 1 amide bonds. The highest BCUT2D eigenvalue weighted by atomic mass is 16.2. The van der Waals surface area contributed by atoms with Crippen LogP contribution in [0.1, 0.15) is 27.0 Å². The van der Waals surface area contributed by atoms with Crippen LogP contribution >= 0.6 is 0 Å². The van der Waals surface area contributed by atoms with Crippen LogP contribution in [-0.2, 0) is 0 Å². The van der Waals surface area contributed by atoms with Gasteiger partial charge in [0.05, 0.1) is 0 Å². The number of aryl methyl sites for hydroxylation is 3. The zero-order valence-electron chi connectivity index (χ0n) is 15.5. The summed E-state index contributed by atoms with van der Waals surface area (Å²) in [6.45, 7) is 5.92. The second-order valence-corrected chi connectivity index (χ2v) is 6.32. The number of hydrogen-bond acceptors (Lipinski definition) is 6. The standard InChI is InChI=1S/C20H22N6O/c1-12-8-9-16(14(3)10-12)24-18-17(21)19(23-11-22-18)25-26-20(27)15-7-5-4-6-13(15)2/h4-11H,21H2,1-3H3,(H,26,27)(H2,22,23,24,25). The van der Waals surface area contributed by atoms with Crippen LogP contribution in [0.5, 0.6) is 0 Å². The number of nitrogens with zero attached hydrogens (tertiary/aromatic N) is 2. The first kappa shape index (κ1) is 18.2. The third kappa shape index (κ3) is 4.14. The summed E-state index contributed by atoms with van der Waals surface area (Å²) in [5.74, 6) is 0.513. The van der Waals surface area contributed by atoms with Crippen molar-refractivity contribution in [3.05, 3.63) is 71.0 Å². The summed E-state index contributed by atoms with van der Waals surface area (Å²) in [6, 6.07) is 13.4. The molecular formula is C20H22N6O. The number of benzene rings is 2. The van der Waals surface area contributed by atoms with Crippen molar-refractivity contribution < 1.29 is 4.79 Å². The second kappa shape index (κ2) is 7.74. The molecule has 0 atom stereocenters. The number of nitrogens with two attached hydrogens (primary N) is 1. The molecule has 0 radical (unpaired) electrons. The Balaban J connectivity index is 1.75. The molecule has 0 bridgehead atoms. The zero-order chi connectivity index (χ0) is 19.4. The van der Waals surface area contributed by atoms with Gasteiger partial charge in [0.25, 0.3) is 5.91 Å². The van der Waals surface area contributed by atoms with Gasteiger partial charge in [0, 0.05) is 11.3 Å². The predicted octanol–water partition coefficient (Wildman–Crippen LogP) is 3.48. The third-order valence-electron chi connectivity index (χ3n) is 4.20. The number of hydrogen-bond donors (Lipinski definition) is 4. The van der Waals surface area contributed by atoms with Gasteiger partial charge < -0.3 is 11.1 Å². The first-order chi connectivity index (χ1) is 13.0. The van der Waals surface area contributed by atoms with Gasteiger partial charge in [-0.3, -0.25) is 15.6 Å². The highest BCUT2D eigenvalue weighted by Gasteiger charge is 2.12. The molecule has 0 aliphatic rings. The fourth-order valence-corrected chi connectivity index (χ4v) is 2.69. The van der Waals surface area contributed by atoms with Crippen molar-refractivity contribution in [2.24, 2.45) is 0 Å². The summed E-state index contributed by atoms with van der Waals surface area (Å²) in [7, 11) is 0. The largest absolute Gasteiger partial charge is 0.393 e. The molecule has 138 valence electrons. The Hall–Kier alpha value is -3.61. The molecule has 7 nitrogen and oxygen atoms in total. The predicted molar refractivity (Wildman–Crippen MR) is 108 cm³/mol. The lowest BCUT2D eigenvalue weighted by Gasteiger charge is -2.15. The molecule has 3 rings (SSSR count). The molecule has 0 aliphatic heterocycles. The van der Waals surface area contributed by atoms with E-state index in [2.05, 4.69) is 32.2 Å². The zero-order valence-corrected chi connectivity index (χ0v) is 15.5. The Morgan fingerprint density at radius 2 is 1.70 bits per heavy atom. The molecule has 0 unspecified atom stereocenters. The topological polar surface area (TPSA) is 105 Å². The van der Waals surface area contributed by atoms with E-state index in [1.807, 2.05) is 51.1 Å². The molecule has 0 saturated heterocycles. The summed E-state index contributed by atoms with van der Waals surface area (Å²) in [5.41, 5.74) is 16.5. The molecule has 0 fully saturated rings. The molecule has 0 aliphatic carbocycles. The molecule has 0 spiro atoms. The number of carbonyl (C=O) groups excluding carboxylic acids is 1. The maximum Gasteiger partial charge on any atom is 0.269 e. The van der Waals surface area contributed by atoms with E-state index in [1.165, 1.54) is 11.9 Å². The minimum Gasteiger partial charge on any atom is -0.393 e. The second-order valence-electron chi connectivity index (χ2n) is 6.32. The number of hydrazine groups is 1. The average Bonchev–Trinajstić information content (AvgIpc) is 2.64. The summed E-state index contributed by atoms with van der Waals surface area (Å²) in [5, 5.41) is 3.21. The monoisotopic (exact) mass is 362 g/mol. The molecule has 1 heterocycles. The van der Waals surface area contributed by atoms with Crippen LogP contribution in [0, 0.1) is 20.8 Å². The number of amides is 1. The van der Waals surface area contributed by atoms with E-state index in [9.17, 15) is 4.79 Å². The van der Waals surface area contributed by atoms with Crippen LogP contribution in [-0.4, -0.2) is 15.9 Å². The maximum atomic E-state index is 12.3. The summed E-state index contributed by atoms with van der Waals surface area (Å²) in [4.78, 5) is 20.6. The van der Waals surface area contributed by atoms with Crippen LogP contribution < -0.4 is 21.9 Å². The summed E-state index contributed by atoms with van der Waals surface area (Å²) < 4.78 is 0. The molecule has 5 N–H and O–H groups in total. The Morgan fingerprint density at radius 3 is 2.44 bits per heavy atom. The van der Waals surface area contributed by atoms with Gasteiger partial charge in [-0.2, -0.15) is 0 Å². The minimum absolute atomic E-state index is 0.269. The summed E-state index contributed by atoms with van der Waals surface area (Å²) >= 11 is 0. The first-order valence-corrected chi connectivity index (χ1v) is 8.52. The molecule has 0 saturated carbocycles. The Bertz CT molecular complexity index is 986. The molecule has 7 heteroatoms. The fraction of sp³-hybridized carbons (Fsp3) is 0.150. The molecular weight excluding hydrogens is 340 g/mol. The Labute approximate surface area is 158 Å². The van der Waals surface area contributed by atoms with Crippen LogP contribution in [0.2, 0.25) is 0 Å². The van der Waals surface area contributed by atoms with Gasteiger partial charge in [-0.05, 0) is 44.0 Å². The van der Waals surface area contributed by atoms with E-state index in [-0.39, 0.29) is 5.91 Å². The lowest BCUT2D eigenvalue weighted by molar-refractivity contribution is 0.0962. The van der Waals surface area contributed by atoms with Gasteiger partial charge in [0.2, 0.25) is 0 Å². The van der Waals surface area contributed by atoms with Crippen molar-refractivity contribution in [3.63, 3.8) is 0 Å². The normalized spacial score (nSPS) is 10.3. The molecule has 3 aromatic rings. The Morgan fingerprint density at radius 1 is 0.963 bits per heavy atom. The van der Waals surface area contributed by atoms with Gasteiger partial charge in [-0.1, -0.05) is 35.9 Å². The number of carbonyl (C=O) groups is 1. The lowest BCUT2D eigenvalue weighted by atomic mass is 10.1. The van der Waals surface area contributed by atoms with Gasteiger partial charge in [-0.25, -0.2) is 9.97 Å². The highest BCUT2D eigenvalue weighted by molar-refractivity contribution is 5.96. The average molecular weight is 362 g/mol. The van der Waals surface area contributed by atoms with Crippen molar-refractivity contribution in [3.8, 4) is 0 Å². The molecule has 27 heavy (non-hydrogen) atoms. The van der Waals surface area contributed by atoms with Crippen LogP contribution in [0.4, 0.5) is 23.0 Å². The van der Waals surface area contributed by atoms with E-state index < -0.39 is 0 Å². The maximum absolute atomic E-state index is 12.3. The quantitative estimate of drug-likeness (QED) is 0.518. The van der Waals surface area contributed by atoms with Crippen molar-refractivity contribution >= 4 is 28.9 Å². The van der Waals surface area contributed by atoms with Crippen molar-refractivity contribution in [1.29, 1.82) is 0 Å². The number of rotatable bonds is 5. The highest BCUT2D eigenvalue weighted by Crippen LogP contribution is 2.27. The van der Waals surface area contributed by atoms with Gasteiger partial charge in [-0.15, -0.1) is 0 Å². The number of nitrogen functional groups attached to an aromatic ring is 1. The molecule has 2 aromatic carbocycles. The van der Waals surface area contributed by atoms with Crippen LogP contribution in [0.3, 0.4) is 0 Å². The van der Waals surface area contributed by atoms with E-state index in [1.54, 1.807) is 6.07 Å². The van der Waals surface area contributed by atoms with E-state index >= 15 is 0 Å². The number of aromatic nitrogens is 2. The number of nitrogens with one attached hydrogen (secondary N) is 3. The van der Waals surface area contributed by atoms with Gasteiger partial charge in [0.15, 0.2) is 11.6 Å². The van der Waals surface area contributed by atoms with Crippen molar-refractivity contribution in [2.75, 3.05) is 16.5 Å².